The molecule has 2 aromatic carbocycles. The third-order valence-corrected chi connectivity index (χ3v) is 5.92. The lowest BCUT2D eigenvalue weighted by molar-refractivity contribution is 0.102. The van der Waals surface area contributed by atoms with Gasteiger partial charge in [0, 0.05) is 16.8 Å². The van der Waals surface area contributed by atoms with Crippen LogP contribution in [-0.4, -0.2) is 42.8 Å². The van der Waals surface area contributed by atoms with Gasteiger partial charge in [-0.2, -0.15) is 4.98 Å². The lowest BCUT2D eigenvalue weighted by atomic mass is 10.1. The molecule has 4 aromatic rings. The van der Waals surface area contributed by atoms with Gasteiger partial charge in [-0.15, -0.1) is 0 Å². The van der Waals surface area contributed by atoms with Crippen molar-refractivity contribution >= 4 is 43.9 Å². The first-order valence-corrected chi connectivity index (χ1v) is 12.1. The second-order valence-corrected chi connectivity index (χ2v) is 9.55. The minimum absolute atomic E-state index is 0.0562. The number of nitrogens with zero attached hydrogens (tertiary/aromatic N) is 3. The number of carbonyl (C=O) groups is 1. The van der Waals surface area contributed by atoms with Crippen molar-refractivity contribution in [1.29, 1.82) is 0 Å². The van der Waals surface area contributed by atoms with Crippen LogP contribution < -0.4 is 20.5 Å². The molecule has 0 spiro atoms. The van der Waals surface area contributed by atoms with Crippen LogP contribution in [0, 0.1) is 0 Å². The summed E-state index contributed by atoms with van der Waals surface area (Å²) in [6.07, 6.45) is 1.01. The number of hydrogen-bond acceptors (Lipinski definition) is 10. The zero-order valence-corrected chi connectivity index (χ0v) is 19.0. The van der Waals surface area contributed by atoms with Gasteiger partial charge in [-0.3, -0.25) is 9.52 Å². The second-order valence-electron chi connectivity index (χ2n) is 6.80. The number of rotatable bonds is 7. The normalized spacial score (nSPS) is 11.2. The summed E-state index contributed by atoms with van der Waals surface area (Å²) < 4.78 is 35.5. The summed E-state index contributed by atoms with van der Waals surface area (Å²) in [5.74, 6) is 0.678. The molecular weight excluding hydrogens is 468 g/mol. The van der Waals surface area contributed by atoms with E-state index in [-0.39, 0.29) is 28.6 Å². The summed E-state index contributed by atoms with van der Waals surface area (Å²) >= 11 is 0.970. The number of methoxy groups -OCH3 is 1. The maximum Gasteiger partial charge on any atom is 0.272 e. The van der Waals surface area contributed by atoms with Crippen molar-refractivity contribution in [3.05, 3.63) is 54.1 Å². The first kappa shape index (κ1) is 22.2. The minimum Gasteiger partial charge on any atom is -0.497 e. The molecule has 0 radical (unpaired) electrons. The molecule has 0 aliphatic carbocycles. The Hall–Kier alpha value is -3.97. The van der Waals surface area contributed by atoms with Crippen molar-refractivity contribution in [2.75, 3.05) is 29.1 Å². The number of hydrogen-bond donors (Lipinski definition) is 3. The molecule has 0 aliphatic heterocycles. The molecule has 4 N–H and O–H groups in total. The molecule has 1 amide bonds. The van der Waals surface area contributed by atoms with Gasteiger partial charge in [0.1, 0.15) is 16.4 Å². The van der Waals surface area contributed by atoms with Gasteiger partial charge < -0.3 is 20.3 Å². The van der Waals surface area contributed by atoms with E-state index in [1.807, 2.05) is 0 Å². The van der Waals surface area contributed by atoms with Gasteiger partial charge in [-0.25, -0.2) is 13.4 Å². The van der Waals surface area contributed by atoms with Crippen molar-refractivity contribution in [3.63, 3.8) is 0 Å². The number of anilines is 3. The molecule has 170 valence electrons. The average molecular weight is 487 g/mol. The number of benzene rings is 2. The second kappa shape index (κ2) is 8.88. The summed E-state index contributed by atoms with van der Waals surface area (Å²) in [6, 6.07) is 13.7. The number of sulfonamides is 1. The average Bonchev–Trinajstić information content (AvgIpc) is 3.39. The molecular formula is C20H18N6O5S2. The number of nitrogens with two attached hydrogens (primary N) is 1. The van der Waals surface area contributed by atoms with E-state index >= 15 is 0 Å². The Balaban J connectivity index is 1.55. The van der Waals surface area contributed by atoms with Crippen LogP contribution in [0.4, 0.5) is 16.6 Å². The van der Waals surface area contributed by atoms with Gasteiger partial charge in [0.15, 0.2) is 5.13 Å². The molecule has 2 aromatic heterocycles. The first-order chi connectivity index (χ1) is 15.7. The number of ether oxygens (including phenoxy) is 1. The molecule has 0 saturated heterocycles. The van der Waals surface area contributed by atoms with Crippen LogP contribution in [0.2, 0.25) is 0 Å². The lowest BCUT2D eigenvalue weighted by Gasteiger charge is -2.07. The first-order valence-electron chi connectivity index (χ1n) is 9.36. The van der Waals surface area contributed by atoms with E-state index in [0.717, 1.165) is 17.6 Å². The largest absolute Gasteiger partial charge is 0.497 e. The van der Waals surface area contributed by atoms with Crippen LogP contribution in [-0.2, 0) is 10.0 Å². The van der Waals surface area contributed by atoms with Gasteiger partial charge >= 0.3 is 0 Å². The molecule has 2 heterocycles. The monoisotopic (exact) mass is 486 g/mol. The Morgan fingerprint density at radius 1 is 1.15 bits per heavy atom. The van der Waals surface area contributed by atoms with Crippen molar-refractivity contribution in [2.24, 2.45) is 0 Å². The highest BCUT2D eigenvalue weighted by Crippen LogP contribution is 2.35. The standard InChI is InChI=1S/C20H18N6O5S2/c1-30-14-8-4-6-12(10-14)18(27)22-13-7-3-5-11(9-13)17-24-19(31-25-17)15-16(21)23-20(32-15)26-33(2,28)29/h3-10H,21H2,1-2H3,(H,22,27)(H,23,26). The summed E-state index contributed by atoms with van der Waals surface area (Å²) in [5, 5.41) is 6.87. The Labute approximate surface area is 192 Å². The maximum atomic E-state index is 12.6. The number of carbonyl (C=O) groups excluding carboxylic acids is 1. The van der Waals surface area contributed by atoms with Crippen molar-refractivity contribution in [2.45, 2.75) is 0 Å². The number of nitrogens with one attached hydrogen (secondary N) is 2. The lowest BCUT2D eigenvalue weighted by Crippen LogP contribution is -2.11. The molecule has 11 nitrogen and oxygen atoms in total. The topological polar surface area (TPSA) is 162 Å². The molecule has 0 fully saturated rings. The number of nitrogen functional groups attached to an aromatic ring is 1. The quantitative estimate of drug-likeness (QED) is 0.356. The SMILES string of the molecule is COc1cccc(C(=O)Nc2cccc(-c3noc(-c4sc(NS(C)(=O)=O)nc4N)n3)c2)c1. The van der Waals surface area contributed by atoms with Crippen molar-refractivity contribution in [1.82, 2.24) is 15.1 Å². The van der Waals surface area contributed by atoms with Crippen molar-refractivity contribution in [3.8, 4) is 27.9 Å². The Morgan fingerprint density at radius 3 is 2.70 bits per heavy atom. The molecule has 0 atom stereocenters. The molecule has 0 saturated carbocycles. The summed E-state index contributed by atoms with van der Waals surface area (Å²) in [5.41, 5.74) is 7.44. The number of amides is 1. The fourth-order valence-corrected chi connectivity index (χ4v) is 4.47. The van der Waals surface area contributed by atoms with Gasteiger partial charge in [0.05, 0.1) is 13.4 Å². The molecule has 0 aliphatic rings. The number of aromatic nitrogens is 3. The highest BCUT2D eigenvalue weighted by atomic mass is 32.2. The molecule has 33 heavy (non-hydrogen) atoms. The Kier molecular flexibility index (Phi) is 5.98. The van der Waals surface area contributed by atoms with E-state index < -0.39 is 10.0 Å². The highest BCUT2D eigenvalue weighted by Gasteiger charge is 2.19. The van der Waals surface area contributed by atoms with Crippen LogP contribution in [0.3, 0.4) is 0 Å². The third-order valence-electron chi connectivity index (χ3n) is 4.26. The van der Waals surface area contributed by atoms with E-state index in [9.17, 15) is 13.2 Å². The fourth-order valence-electron chi connectivity index (χ4n) is 2.82. The zero-order valence-electron chi connectivity index (χ0n) is 17.4. The fraction of sp³-hybridized carbons (Fsp3) is 0.100. The summed E-state index contributed by atoms with van der Waals surface area (Å²) in [6.45, 7) is 0. The van der Waals surface area contributed by atoms with E-state index in [4.69, 9.17) is 15.0 Å². The van der Waals surface area contributed by atoms with Crippen LogP contribution in [0.15, 0.2) is 53.1 Å². The molecule has 0 bridgehead atoms. The highest BCUT2D eigenvalue weighted by molar-refractivity contribution is 7.92. The predicted octanol–water partition coefficient (Wildman–Crippen LogP) is 3.07. The van der Waals surface area contributed by atoms with E-state index in [0.29, 0.717) is 27.4 Å². The van der Waals surface area contributed by atoms with Gasteiger partial charge in [-0.1, -0.05) is 34.7 Å². The van der Waals surface area contributed by atoms with E-state index in [2.05, 4.69) is 25.2 Å². The summed E-state index contributed by atoms with van der Waals surface area (Å²) in [4.78, 5) is 21.2. The zero-order chi connectivity index (χ0) is 23.6. The minimum atomic E-state index is -3.51. The van der Waals surface area contributed by atoms with Gasteiger partial charge in [0.25, 0.3) is 11.8 Å². The van der Waals surface area contributed by atoms with E-state index in [1.54, 1.807) is 48.5 Å². The van der Waals surface area contributed by atoms with Crippen LogP contribution in [0.5, 0.6) is 5.75 Å². The summed E-state index contributed by atoms with van der Waals surface area (Å²) in [7, 11) is -1.97. The molecule has 4 rings (SSSR count). The molecule has 0 unspecified atom stereocenters. The van der Waals surface area contributed by atoms with E-state index in [1.165, 1.54) is 7.11 Å². The predicted molar refractivity (Wildman–Crippen MR) is 125 cm³/mol. The maximum absolute atomic E-state index is 12.6. The third kappa shape index (κ3) is 5.27. The van der Waals surface area contributed by atoms with Gasteiger partial charge in [0.2, 0.25) is 15.8 Å². The van der Waals surface area contributed by atoms with Crippen LogP contribution >= 0.6 is 11.3 Å². The van der Waals surface area contributed by atoms with Crippen LogP contribution in [0.25, 0.3) is 22.2 Å². The van der Waals surface area contributed by atoms with Crippen LogP contribution in [0.1, 0.15) is 10.4 Å². The Morgan fingerprint density at radius 2 is 1.94 bits per heavy atom. The van der Waals surface area contributed by atoms with Crippen molar-refractivity contribution < 1.29 is 22.5 Å². The van der Waals surface area contributed by atoms with Gasteiger partial charge in [-0.05, 0) is 30.3 Å². The molecule has 13 heteroatoms. The smallest absolute Gasteiger partial charge is 0.272 e. The Bertz CT molecular complexity index is 1430. The number of thiazole rings is 1.